The summed E-state index contributed by atoms with van der Waals surface area (Å²) in [4.78, 5) is 0. The topological polar surface area (TPSA) is 55.5 Å². The molecule has 2 rings (SSSR count). The largest absolute Gasteiger partial charge is 0.508 e. The number of methoxy groups -OCH3 is 1. The highest BCUT2D eigenvalue weighted by molar-refractivity contribution is 7.80. The Labute approximate surface area is 113 Å². The average molecular weight is 265 g/mol. The Hall–Kier alpha value is -1.13. The van der Waals surface area contributed by atoms with E-state index in [0.717, 1.165) is 37.7 Å². The molecule has 0 aromatic heterocycles. The van der Waals surface area contributed by atoms with Gasteiger partial charge in [0.1, 0.15) is 5.75 Å². The van der Waals surface area contributed by atoms with Crippen molar-refractivity contribution in [1.29, 1.82) is 0 Å². The quantitative estimate of drug-likeness (QED) is 0.819. The molecule has 18 heavy (non-hydrogen) atoms. The lowest BCUT2D eigenvalue weighted by Crippen LogP contribution is -2.19. The lowest BCUT2D eigenvalue weighted by Gasteiger charge is -2.10. The number of fused-ring (bicyclic) bond motifs is 1. The number of aromatic hydroxyl groups is 1. The van der Waals surface area contributed by atoms with Crippen LogP contribution in [0.15, 0.2) is 12.1 Å². The SMILES string of the molecule is COC(=S)CCCc1ccc(O)c2c1CC(N)C2. The van der Waals surface area contributed by atoms with Gasteiger partial charge in [-0.05, 0) is 60.7 Å². The summed E-state index contributed by atoms with van der Waals surface area (Å²) in [6.45, 7) is 0. The highest BCUT2D eigenvalue weighted by Gasteiger charge is 2.23. The molecule has 1 atom stereocenters. The molecule has 1 aliphatic carbocycles. The second-order valence-electron chi connectivity index (χ2n) is 4.80. The lowest BCUT2D eigenvalue weighted by molar-refractivity contribution is 0.400. The molecule has 4 heteroatoms. The van der Waals surface area contributed by atoms with Gasteiger partial charge in [0.25, 0.3) is 0 Å². The third-order valence-electron chi connectivity index (χ3n) is 3.49. The zero-order valence-electron chi connectivity index (χ0n) is 10.6. The fourth-order valence-electron chi connectivity index (χ4n) is 2.57. The van der Waals surface area contributed by atoms with Gasteiger partial charge in [0.05, 0.1) is 7.11 Å². The minimum atomic E-state index is 0.145. The standard InChI is InChI=1S/C14H19NO2S/c1-17-14(18)4-2-3-9-5-6-13(16)12-8-10(15)7-11(9)12/h5-6,10,16H,2-4,7-8,15H2,1H3. The second-order valence-corrected chi connectivity index (χ2v) is 5.25. The van der Waals surface area contributed by atoms with E-state index in [1.165, 1.54) is 11.1 Å². The minimum absolute atomic E-state index is 0.145. The Morgan fingerprint density at radius 1 is 1.44 bits per heavy atom. The number of phenols is 1. The fourth-order valence-corrected chi connectivity index (χ4v) is 2.71. The van der Waals surface area contributed by atoms with Gasteiger partial charge in [-0.1, -0.05) is 6.07 Å². The van der Waals surface area contributed by atoms with E-state index in [9.17, 15) is 5.11 Å². The summed E-state index contributed by atoms with van der Waals surface area (Å²) in [7, 11) is 1.61. The molecular weight excluding hydrogens is 246 g/mol. The second kappa shape index (κ2) is 5.67. The van der Waals surface area contributed by atoms with Gasteiger partial charge in [0.15, 0.2) is 5.05 Å². The molecule has 0 bridgehead atoms. The summed E-state index contributed by atoms with van der Waals surface area (Å²) in [6.07, 6.45) is 4.38. The number of benzene rings is 1. The first-order valence-corrected chi connectivity index (χ1v) is 6.67. The van der Waals surface area contributed by atoms with Crippen LogP contribution in [0, 0.1) is 0 Å². The van der Waals surface area contributed by atoms with Crippen LogP contribution >= 0.6 is 12.2 Å². The van der Waals surface area contributed by atoms with Gasteiger partial charge in [0, 0.05) is 12.5 Å². The van der Waals surface area contributed by atoms with Crippen molar-refractivity contribution < 1.29 is 9.84 Å². The van der Waals surface area contributed by atoms with Crippen molar-refractivity contribution in [3.8, 4) is 5.75 Å². The summed E-state index contributed by atoms with van der Waals surface area (Å²) >= 11 is 5.03. The molecule has 0 heterocycles. The number of phenolic OH excluding ortho intramolecular Hbond substituents is 1. The average Bonchev–Trinajstić information content (AvgIpc) is 2.74. The third kappa shape index (κ3) is 2.82. The number of nitrogens with two attached hydrogens (primary N) is 1. The molecule has 1 aromatic rings. The Kier molecular flexibility index (Phi) is 4.19. The van der Waals surface area contributed by atoms with Gasteiger partial charge < -0.3 is 15.6 Å². The monoisotopic (exact) mass is 265 g/mol. The van der Waals surface area contributed by atoms with Crippen LogP contribution in [0.1, 0.15) is 29.5 Å². The molecule has 0 aliphatic heterocycles. The molecule has 3 nitrogen and oxygen atoms in total. The summed E-state index contributed by atoms with van der Waals surface area (Å²) in [5.74, 6) is 0.383. The summed E-state index contributed by atoms with van der Waals surface area (Å²) in [6, 6.07) is 3.93. The van der Waals surface area contributed by atoms with Crippen LogP contribution in [0.4, 0.5) is 0 Å². The molecule has 0 saturated heterocycles. The van der Waals surface area contributed by atoms with E-state index >= 15 is 0 Å². The van der Waals surface area contributed by atoms with E-state index in [-0.39, 0.29) is 6.04 Å². The van der Waals surface area contributed by atoms with Crippen LogP contribution in [0.5, 0.6) is 5.75 Å². The first-order valence-electron chi connectivity index (χ1n) is 6.26. The van der Waals surface area contributed by atoms with E-state index in [0.29, 0.717) is 10.8 Å². The van der Waals surface area contributed by atoms with Crippen LogP contribution < -0.4 is 5.73 Å². The summed E-state index contributed by atoms with van der Waals surface area (Å²) in [5, 5.41) is 10.5. The van der Waals surface area contributed by atoms with E-state index in [2.05, 4.69) is 0 Å². The number of ether oxygens (including phenoxy) is 1. The Bertz CT molecular complexity index is 459. The van der Waals surface area contributed by atoms with Gasteiger partial charge in [0.2, 0.25) is 0 Å². The van der Waals surface area contributed by atoms with Crippen LogP contribution in [0.25, 0.3) is 0 Å². The Morgan fingerprint density at radius 2 is 2.17 bits per heavy atom. The van der Waals surface area contributed by atoms with Crippen molar-refractivity contribution in [1.82, 2.24) is 0 Å². The lowest BCUT2D eigenvalue weighted by atomic mass is 9.98. The molecule has 1 unspecified atom stereocenters. The molecule has 1 aromatic carbocycles. The van der Waals surface area contributed by atoms with Crippen molar-refractivity contribution in [2.45, 2.75) is 38.1 Å². The van der Waals surface area contributed by atoms with Crippen molar-refractivity contribution in [2.75, 3.05) is 7.11 Å². The molecule has 0 fully saturated rings. The maximum absolute atomic E-state index is 9.83. The van der Waals surface area contributed by atoms with E-state index in [1.54, 1.807) is 13.2 Å². The summed E-state index contributed by atoms with van der Waals surface area (Å²) in [5.41, 5.74) is 9.53. The highest BCUT2D eigenvalue weighted by Crippen LogP contribution is 2.32. The molecular formula is C14H19NO2S. The van der Waals surface area contributed by atoms with Crippen molar-refractivity contribution in [3.05, 3.63) is 28.8 Å². The normalized spacial score (nSPS) is 17.6. The fraction of sp³-hybridized carbons (Fsp3) is 0.500. The van der Waals surface area contributed by atoms with Crippen LogP contribution in [0.2, 0.25) is 0 Å². The molecule has 0 radical (unpaired) electrons. The Morgan fingerprint density at radius 3 is 2.89 bits per heavy atom. The Balaban J connectivity index is 2.06. The van der Waals surface area contributed by atoms with E-state index in [4.69, 9.17) is 22.7 Å². The highest BCUT2D eigenvalue weighted by atomic mass is 32.1. The molecule has 0 saturated carbocycles. The molecule has 3 N–H and O–H groups in total. The zero-order chi connectivity index (χ0) is 13.1. The number of thiocarbonyl (C=S) groups is 1. The van der Waals surface area contributed by atoms with Gasteiger partial charge in [-0.2, -0.15) is 0 Å². The van der Waals surface area contributed by atoms with Crippen LogP contribution in [-0.4, -0.2) is 23.3 Å². The maximum atomic E-state index is 9.83. The molecule has 0 amide bonds. The number of hydrogen-bond donors (Lipinski definition) is 2. The predicted molar refractivity (Wildman–Crippen MR) is 76.0 cm³/mol. The maximum Gasteiger partial charge on any atom is 0.159 e. The van der Waals surface area contributed by atoms with E-state index in [1.807, 2.05) is 6.07 Å². The van der Waals surface area contributed by atoms with Crippen LogP contribution in [-0.2, 0) is 24.0 Å². The molecule has 98 valence electrons. The van der Waals surface area contributed by atoms with Crippen molar-refractivity contribution >= 4 is 17.3 Å². The van der Waals surface area contributed by atoms with Crippen molar-refractivity contribution in [3.63, 3.8) is 0 Å². The van der Waals surface area contributed by atoms with Gasteiger partial charge >= 0.3 is 0 Å². The number of rotatable bonds is 4. The third-order valence-corrected chi connectivity index (χ3v) is 3.86. The number of hydrogen-bond acceptors (Lipinski definition) is 4. The smallest absolute Gasteiger partial charge is 0.159 e. The van der Waals surface area contributed by atoms with Gasteiger partial charge in [-0.3, -0.25) is 0 Å². The van der Waals surface area contributed by atoms with E-state index < -0.39 is 0 Å². The van der Waals surface area contributed by atoms with Crippen LogP contribution in [0.3, 0.4) is 0 Å². The minimum Gasteiger partial charge on any atom is -0.508 e. The first-order chi connectivity index (χ1) is 8.61. The molecule has 0 spiro atoms. The predicted octanol–water partition coefficient (Wildman–Crippen LogP) is 2.11. The number of aryl methyl sites for hydroxylation is 1. The van der Waals surface area contributed by atoms with Gasteiger partial charge in [-0.15, -0.1) is 0 Å². The van der Waals surface area contributed by atoms with Crippen molar-refractivity contribution in [2.24, 2.45) is 5.73 Å². The summed E-state index contributed by atoms with van der Waals surface area (Å²) < 4.78 is 4.99. The zero-order valence-corrected chi connectivity index (χ0v) is 11.4. The first kappa shape index (κ1) is 13.3. The molecule has 1 aliphatic rings. The van der Waals surface area contributed by atoms with Gasteiger partial charge in [-0.25, -0.2) is 0 Å².